The number of carbonyl (C=O) groups excluding carboxylic acids is 1. The van der Waals surface area contributed by atoms with Crippen molar-refractivity contribution >= 4 is 34.2 Å². The number of nitrogens with zero attached hydrogens (tertiary/aromatic N) is 3. The van der Waals surface area contributed by atoms with Gasteiger partial charge in [0.05, 0.1) is 17.0 Å². The van der Waals surface area contributed by atoms with Crippen molar-refractivity contribution < 1.29 is 14.3 Å². The lowest BCUT2D eigenvalue weighted by atomic mass is 9.94. The fraction of sp³-hybridized carbons (Fsp3) is 0.286. The van der Waals surface area contributed by atoms with Crippen LogP contribution < -0.4 is 15.2 Å². The van der Waals surface area contributed by atoms with Gasteiger partial charge in [-0.3, -0.25) is 4.79 Å². The molecule has 1 amide bonds. The standard InChI is InChI=1S/C21H20N4O3S/c1-11-7-14-8-17-18(28-10-27-17)9-16(14)19(13-3-5-15(22)6-4-13)24-25(11)21-23-20(26)12(2)29-21/h3-6,8-9,11-12H,7,10,22H2,1-2H3. The van der Waals surface area contributed by atoms with E-state index in [9.17, 15) is 4.79 Å². The third-order valence-electron chi connectivity index (χ3n) is 5.21. The first-order chi connectivity index (χ1) is 14.0. The van der Waals surface area contributed by atoms with Gasteiger partial charge in [-0.2, -0.15) is 10.1 Å². The predicted molar refractivity (Wildman–Crippen MR) is 114 cm³/mol. The molecule has 0 aromatic heterocycles. The van der Waals surface area contributed by atoms with E-state index in [0.717, 1.165) is 34.6 Å². The van der Waals surface area contributed by atoms with Crippen molar-refractivity contribution in [2.24, 2.45) is 10.1 Å². The summed E-state index contributed by atoms with van der Waals surface area (Å²) in [5, 5.41) is 7.29. The zero-order valence-electron chi connectivity index (χ0n) is 16.1. The minimum atomic E-state index is -0.191. The van der Waals surface area contributed by atoms with Gasteiger partial charge in [-0.15, -0.1) is 0 Å². The van der Waals surface area contributed by atoms with Gasteiger partial charge in [-0.1, -0.05) is 23.9 Å². The highest BCUT2D eigenvalue weighted by molar-refractivity contribution is 8.15. The molecule has 0 bridgehead atoms. The van der Waals surface area contributed by atoms with Gasteiger partial charge < -0.3 is 15.2 Å². The Morgan fingerprint density at radius 3 is 2.55 bits per heavy atom. The Hall–Kier alpha value is -3.00. The zero-order valence-corrected chi connectivity index (χ0v) is 16.9. The number of hydrogen-bond acceptors (Lipinski definition) is 7. The second-order valence-electron chi connectivity index (χ2n) is 7.32. The summed E-state index contributed by atoms with van der Waals surface area (Å²) < 4.78 is 11.2. The molecule has 0 fully saturated rings. The maximum Gasteiger partial charge on any atom is 0.261 e. The van der Waals surface area contributed by atoms with Crippen LogP contribution in [0.2, 0.25) is 0 Å². The smallest absolute Gasteiger partial charge is 0.261 e. The van der Waals surface area contributed by atoms with E-state index in [1.165, 1.54) is 11.8 Å². The van der Waals surface area contributed by atoms with Crippen molar-refractivity contribution in [2.45, 2.75) is 31.6 Å². The number of hydrogen-bond donors (Lipinski definition) is 1. The van der Waals surface area contributed by atoms with E-state index in [2.05, 4.69) is 11.9 Å². The van der Waals surface area contributed by atoms with Gasteiger partial charge in [0.1, 0.15) is 0 Å². The molecule has 2 N–H and O–H groups in total. The lowest BCUT2D eigenvalue weighted by Crippen LogP contribution is -2.33. The highest BCUT2D eigenvalue weighted by Crippen LogP contribution is 2.38. The van der Waals surface area contributed by atoms with Crippen LogP contribution in [0.15, 0.2) is 46.5 Å². The highest BCUT2D eigenvalue weighted by Gasteiger charge is 2.33. The lowest BCUT2D eigenvalue weighted by molar-refractivity contribution is -0.116. The molecule has 3 aliphatic rings. The van der Waals surface area contributed by atoms with E-state index >= 15 is 0 Å². The van der Waals surface area contributed by atoms with E-state index in [1.807, 2.05) is 48.3 Å². The Kier molecular flexibility index (Phi) is 4.24. The van der Waals surface area contributed by atoms with Crippen LogP contribution in [0.3, 0.4) is 0 Å². The summed E-state index contributed by atoms with van der Waals surface area (Å²) in [5.41, 5.74) is 10.4. The summed E-state index contributed by atoms with van der Waals surface area (Å²) in [6.45, 7) is 4.17. The summed E-state index contributed by atoms with van der Waals surface area (Å²) in [6, 6.07) is 11.7. The number of aliphatic imine (C=N–C) groups is 1. The fourth-order valence-corrected chi connectivity index (χ4v) is 4.59. The summed E-state index contributed by atoms with van der Waals surface area (Å²) in [4.78, 5) is 16.3. The van der Waals surface area contributed by atoms with Gasteiger partial charge in [-0.05, 0) is 50.1 Å². The van der Waals surface area contributed by atoms with Gasteiger partial charge in [0, 0.05) is 16.8 Å². The van der Waals surface area contributed by atoms with Crippen LogP contribution in [0.1, 0.15) is 30.5 Å². The fourth-order valence-electron chi connectivity index (χ4n) is 3.65. The Labute approximate surface area is 172 Å². The van der Waals surface area contributed by atoms with Crippen LogP contribution in [0.5, 0.6) is 11.5 Å². The molecule has 2 aromatic carbocycles. The first-order valence-electron chi connectivity index (χ1n) is 9.45. The second-order valence-corrected chi connectivity index (χ2v) is 8.63. The molecule has 0 radical (unpaired) electrons. The Morgan fingerprint density at radius 2 is 1.86 bits per heavy atom. The van der Waals surface area contributed by atoms with Crippen molar-refractivity contribution in [1.82, 2.24) is 5.01 Å². The Morgan fingerprint density at radius 1 is 1.14 bits per heavy atom. The molecule has 0 saturated carbocycles. The maximum absolute atomic E-state index is 12.0. The number of fused-ring (bicyclic) bond motifs is 2. The van der Waals surface area contributed by atoms with E-state index in [0.29, 0.717) is 16.6 Å². The maximum atomic E-state index is 12.0. The number of amides is 1. The van der Waals surface area contributed by atoms with Crippen LogP contribution in [0.4, 0.5) is 5.69 Å². The molecule has 0 aliphatic carbocycles. The molecule has 3 heterocycles. The first-order valence-corrected chi connectivity index (χ1v) is 10.3. The van der Waals surface area contributed by atoms with Gasteiger partial charge in [0.25, 0.3) is 5.91 Å². The number of nitrogen functional groups attached to an aromatic ring is 1. The molecule has 0 saturated heterocycles. The minimum Gasteiger partial charge on any atom is -0.454 e. The van der Waals surface area contributed by atoms with E-state index < -0.39 is 0 Å². The number of ether oxygens (including phenoxy) is 2. The number of nitrogens with two attached hydrogens (primary N) is 1. The Bertz CT molecular complexity index is 1060. The van der Waals surface area contributed by atoms with Crippen molar-refractivity contribution in [1.29, 1.82) is 0 Å². The number of rotatable bonds is 1. The average molecular weight is 408 g/mol. The summed E-state index contributed by atoms with van der Waals surface area (Å²) >= 11 is 1.44. The van der Waals surface area contributed by atoms with Crippen LogP contribution >= 0.6 is 11.8 Å². The molecule has 3 aliphatic heterocycles. The topological polar surface area (TPSA) is 89.5 Å². The van der Waals surface area contributed by atoms with E-state index in [4.69, 9.17) is 20.3 Å². The van der Waals surface area contributed by atoms with Crippen LogP contribution in [-0.4, -0.2) is 39.9 Å². The van der Waals surface area contributed by atoms with Gasteiger partial charge >= 0.3 is 0 Å². The van der Waals surface area contributed by atoms with Crippen molar-refractivity contribution in [3.05, 3.63) is 53.1 Å². The molecular weight excluding hydrogens is 388 g/mol. The molecule has 5 rings (SSSR count). The largest absolute Gasteiger partial charge is 0.454 e. The third kappa shape index (κ3) is 3.13. The molecule has 7 nitrogen and oxygen atoms in total. The van der Waals surface area contributed by atoms with Gasteiger partial charge in [-0.25, -0.2) is 5.01 Å². The van der Waals surface area contributed by atoms with Crippen molar-refractivity contribution in [2.75, 3.05) is 12.5 Å². The third-order valence-corrected chi connectivity index (χ3v) is 6.25. The molecule has 2 unspecified atom stereocenters. The summed E-state index contributed by atoms with van der Waals surface area (Å²) in [5.74, 6) is 1.34. The van der Waals surface area contributed by atoms with Crippen LogP contribution in [0, 0.1) is 0 Å². The number of amidine groups is 1. The highest BCUT2D eigenvalue weighted by atomic mass is 32.2. The minimum absolute atomic E-state index is 0.0183. The van der Waals surface area contributed by atoms with Crippen molar-refractivity contribution in [3.63, 3.8) is 0 Å². The number of carbonyl (C=O) groups is 1. The van der Waals surface area contributed by atoms with E-state index in [1.54, 1.807) is 0 Å². The second kappa shape index (κ2) is 6.81. The SMILES string of the molecule is CC1SC(N2N=C(c3ccc(N)cc3)c3cc4c(cc3CC2C)OCO4)=NC1=O. The molecule has 8 heteroatoms. The molecule has 2 atom stereocenters. The lowest BCUT2D eigenvalue weighted by Gasteiger charge is -2.24. The first kappa shape index (κ1) is 18.1. The summed E-state index contributed by atoms with van der Waals surface area (Å²) in [7, 11) is 0. The number of benzene rings is 2. The molecular formula is C21H20N4O3S. The zero-order chi connectivity index (χ0) is 20.1. The molecule has 0 spiro atoms. The number of anilines is 1. The molecule has 2 aromatic rings. The van der Waals surface area contributed by atoms with E-state index in [-0.39, 0.29) is 24.0 Å². The van der Waals surface area contributed by atoms with Crippen LogP contribution in [-0.2, 0) is 11.2 Å². The predicted octanol–water partition coefficient (Wildman–Crippen LogP) is 3.01. The van der Waals surface area contributed by atoms with Gasteiger partial charge in [0.15, 0.2) is 16.7 Å². The van der Waals surface area contributed by atoms with Gasteiger partial charge in [0.2, 0.25) is 6.79 Å². The monoisotopic (exact) mass is 408 g/mol. The molecule has 148 valence electrons. The molecule has 29 heavy (non-hydrogen) atoms. The average Bonchev–Trinajstić information content (AvgIpc) is 3.25. The normalized spacial score (nSPS) is 22.8. The van der Waals surface area contributed by atoms with Crippen LogP contribution in [0.25, 0.3) is 0 Å². The Balaban J connectivity index is 1.67. The number of thioether (sulfide) groups is 1. The number of hydrazone groups is 1. The quantitative estimate of drug-likeness (QED) is 0.730. The summed E-state index contributed by atoms with van der Waals surface area (Å²) in [6.07, 6.45) is 0.732. The van der Waals surface area contributed by atoms with Crippen molar-refractivity contribution in [3.8, 4) is 11.5 Å².